The highest BCUT2D eigenvalue weighted by Crippen LogP contribution is 2.09. The first-order valence-corrected chi connectivity index (χ1v) is 6.23. The van der Waals surface area contributed by atoms with Gasteiger partial charge in [0.1, 0.15) is 0 Å². The van der Waals surface area contributed by atoms with Crippen LogP contribution in [0.15, 0.2) is 45.8 Å². The highest BCUT2D eigenvalue weighted by Gasteiger charge is 1.84. The number of hydrogen-bond donors (Lipinski definition) is 0. The Bertz CT molecular complexity index is 363. The molecular formula is C12H10S2. The Balaban J connectivity index is 1.94. The number of thiophene rings is 2. The molecule has 0 nitrogen and oxygen atoms in total. The highest BCUT2D eigenvalue weighted by atomic mass is 32.1. The number of allylic oxidation sites excluding steroid dienone is 2. The molecule has 0 aliphatic rings. The van der Waals surface area contributed by atoms with Gasteiger partial charge in [-0.1, -0.05) is 24.3 Å². The zero-order chi connectivity index (χ0) is 9.64. The fraction of sp³-hybridized carbons (Fsp3) is 0. The van der Waals surface area contributed by atoms with Crippen molar-refractivity contribution in [1.29, 1.82) is 0 Å². The summed E-state index contributed by atoms with van der Waals surface area (Å²) in [4.78, 5) is 0. The fourth-order valence-corrected chi connectivity index (χ4v) is 2.33. The molecule has 0 bridgehead atoms. The quantitative estimate of drug-likeness (QED) is 0.664. The van der Waals surface area contributed by atoms with Crippen molar-refractivity contribution >= 4 is 34.8 Å². The molecule has 2 rings (SSSR count). The van der Waals surface area contributed by atoms with E-state index in [9.17, 15) is 0 Å². The van der Waals surface area contributed by atoms with Crippen LogP contribution in [0, 0.1) is 0 Å². The van der Waals surface area contributed by atoms with Crippen molar-refractivity contribution in [1.82, 2.24) is 0 Å². The molecule has 2 aromatic rings. The van der Waals surface area contributed by atoms with E-state index in [-0.39, 0.29) is 0 Å². The Morgan fingerprint density at radius 3 is 1.64 bits per heavy atom. The molecule has 2 heteroatoms. The molecule has 0 saturated carbocycles. The lowest BCUT2D eigenvalue weighted by molar-refractivity contribution is 1.85. The Labute approximate surface area is 91.8 Å². The van der Waals surface area contributed by atoms with Gasteiger partial charge in [-0.25, -0.2) is 0 Å². The van der Waals surface area contributed by atoms with Gasteiger partial charge in [-0.15, -0.1) is 0 Å². The summed E-state index contributed by atoms with van der Waals surface area (Å²) in [6.07, 6.45) is 8.36. The Morgan fingerprint density at radius 1 is 0.786 bits per heavy atom. The predicted octanol–water partition coefficient (Wildman–Crippen LogP) is 4.54. The number of rotatable bonds is 3. The second-order valence-electron chi connectivity index (χ2n) is 2.83. The molecule has 2 heterocycles. The average Bonchev–Trinajstić information content (AvgIpc) is 2.86. The SMILES string of the molecule is C(C=Cc1ccsc1)=Cc1ccsc1. The summed E-state index contributed by atoms with van der Waals surface area (Å²) in [6, 6.07) is 4.22. The molecule has 70 valence electrons. The van der Waals surface area contributed by atoms with Crippen molar-refractivity contribution in [3.8, 4) is 0 Å². The van der Waals surface area contributed by atoms with Crippen molar-refractivity contribution in [2.45, 2.75) is 0 Å². The minimum Gasteiger partial charge on any atom is -0.152 e. The summed E-state index contributed by atoms with van der Waals surface area (Å²) < 4.78 is 0. The van der Waals surface area contributed by atoms with E-state index >= 15 is 0 Å². The Morgan fingerprint density at radius 2 is 1.29 bits per heavy atom. The van der Waals surface area contributed by atoms with Crippen LogP contribution in [0.4, 0.5) is 0 Å². The molecule has 0 aliphatic carbocycles. The molecule has 0 atom stereocenters. The largest absolute Gasteiger partial charge is 0.152 e. The van der Waals surface area contributed by atoms with Crippen LogP contribution in [-0.2, 0) is 0 Å². The van der Waals surface area contributed by atoms with E-state index in [0.717, 1.165) is 0 Å². The Kier molecular flexibility index (Phi) is 3.33. The maximum atomic E-state index is 2.13. The minimum atomic E-state index is 1.27. The third-order valence-electron chi connectivity index (χ3n) is 1.77. The van der Waals surface area contributed by atoms with Gasteiger partial charge in [0.15, 0.2) is 0 Å². The summed E-state index contributed by atoms with van der Waals surface area (Å²) in [5.74, 6) is 0. The smallest absolute Gasteiger partial charge is 0.00208 e. The molecule has 0 fully saturated rings. The van der Waals surface area contributed by atoms with E-state index in [0.29, 0.717) is 0 Å². The first-order chi connectivity index (χ1) is 6.95. The molecule has 2 aromatic heterocycles. The van der Waals surface area contributed by atoms with Gasteiger partial charge in [-0.05, 0) is 44.8 Å². The van der Waals surface area contributed by atoms with Crippen LogP contribution in [0.3, 0.4) is 0 Å². The maximum Gasteiger partial charge on any atom is -0.00208 e. The van der Waals surface area contributed by atoms with Gasteiger partial charge < -0.3 is 0 Å². The molecule has 0 aromatic carbocycles. The summed E-state index contributed by atoms with van der Waals surface area (Å²) in [6.45, 7) is 0. The second kappa shape index (κ2) is 4.94. The van der Waals surface area contributed by atoms with E-state index in [4.69, 9.17) is 0 Å². The lowest BCUT2D eigenvalue weighted by atomic mass is 10.2. The molecule has 14 heavy (non-hydrogen) atoms. The average molecular weight is 218 g/mol. The van der Waals surface area contributed by atoms with Crippen LogP contribution < -0.4 is 0 Å². The van der Waals surface area contributed by atoms with Gasteiger partial charge in [0.25, 0.3) is 0 Å². The zero-order valence-electron chi connectivity index (χ0n) is 7.59. The third-order valence-corrected chi connectivity index (χ3v) is 3.18. The van der Waals surface area contributed by atoms with Crippen LogP contribution >= 0.6 is 22.7 Å². The molecule has 0 aliphatic heterocycles. The minimum absolute atomic E-state index is 1.27. The number of hydrogen-bond acceptors (Lipinski definition) is 2. The van der Waals surface area contributed by atoms with E-state index in [1.165, 1.54) is 11.1 Å². The maximum absolute atomic E-state index is 2.13. The predicted molar refractivity (Wildman–Crippen MR) is 66.7 cm³/mol. The van der Waals surface area contributed by atoms with Crippen LogP contribution in [-0.4, -0.2) is 0 Å². The lowest BCUT2D eigenvalue weighted by Gasteiger charge is -1.81. The molecule has 0 N–H and O–H groups in total. The van der Waals surface area contributed by atoms with Gasteiger partial charge in [-0.2, -0.15) is 22.7 Å². The second-order valence-corrected chi connectivity index (χ2v) is 4.39. The highest BCUT2D eigenvalue weighted by molar-refractivity contribution is 7.08. The van der Waals surface area contributed by atoms with Crippen molar-refractivity contribution < 1.29 is 0 Å². The van der Waals surface area contributed by atoms with E-state index in [1.54, 1.807) is 22.7 Å². The first kappa shape index (κ1) is 9.44. The molecule has 0 radical (unpaired) electrons. The van der Waals surface area contributed by atoms with Crippen LogP contribution in [0.1, 0.15) is 11.1 Å². The topological polar surface area (TPSA) is 0 Å². The van der Waals surface area contributed by atoms with Gasteiger partial charge in [0.2, 0.25) is 0 Å². The molecular weight excluding hydrogens is 208 g/mol. The monoisotopic (exact) mass is 218 g/mol. The van der Waals surface area contributed by atoms with E-state index in [1.807, 2.05) is 0 Å². The molecule has 0 spiro atoms. The van der Waals surface area contributed by atoms with Gasteiger partial charge >= 0.3 is 0 Å². The lowest BCUT2D eigenvalue weighted by Crippen LogP contribution is -1.59. The van der Waals surface area contributed by atoms with E-state index in [2.05, 4.69) is 58.0 Å². The Hall–Kier alpha value is -1.12. The van der Waals surface area contributed by atoms with Crippen molar-refractivity contribution in [2.24, 2.45) is 0 Å². The van der Waals surface area contributed by atoms with Crippen molar-refractivity contribution in [3.63, 3.8) is 0 Å². The van der Waals surface area contributed by atoms with Gasteiger partial charge in [-0.3, -0.25) is 0 Å². The van der Waals surface area contributed by atoms with Gasteiger partial charge in [0.05, 0.1) is 0 Å². The van der Waals surface area contributed by atoms with Crippen LogP contribution in [0.5, 0.6) is 0 Å². The van der Waals surface area contributed by atoms with Crippen LogP contribution in [0.2, 0.25) is 0 Å². The summed E-state index contributed by atoms with van der Waals surface area (Å²) in [5.41, 5.74) is 2.54. The first-order valence-electron chi connectivity index (χ1n) is 4.34. The van der Waals surface area contributed by atoms with Crippen LogP contribution in [0.25, 0.3) is 12.2 Å². The molecule has 0 unspecified atom stereocenters. The van der Waals surface area contributed by atoms with Gasteiger partial charge in [0, 0.05) is 0 Å². The zero-order valence-corrected chi connectivity index (χ0v) is 9.22. The molecule has 0 amide bonds. The van der Waals surface area contributed by atoms with Crippen molar-refractivity contribution in [3.05, 3.63) is 56.9 Å². The molecule has 0 saturated heterocycles. The standard InChI is InChI=1S/C12H10S2/c1(3-11-5-7-13-9-11)2-4-12-6-8-14-10-12/h1-10H. The van der Waals surface area contributed by atoms with Crippen molar-refractivity contribution in [2.75, 3.05) is 0 Å². The summed E-state index contributed by atoms with van der Waals surface area (Å²) in [5, 5.41) is 8.44. The fourth-order valence-electron chi connectivity index (χ4n) is 1.07. The summed E-state index contributed by atoms with van der Waals surface area (Å²) in [7, 11) is 0. The summed E-state index contributed by atoms with van der Waals surface area (Å²) >= 11 is 3.44. The van der Waals surface area contributed by atoms with E-state index < -0.39 is 0 Å². The normalized spacial score (nSPS) is 11.7. The third kappa shape index (κ3) is 2.69.